The van der Waals surface area contributed by atoms with Crippen molar-refractivity contribution in [1.29, 1.82) is 0 Å². The van der Waals surface area contributed by atoms with E-state index >= 15 is 0 Å². The zero-order valence-corrected chi connectivity index (χ0v) is 11.7. The Balaban J connectivity index is 2.11. The number of aryl methyl sites for hydroxylation is 1. The molecule has 16 heavy (non-hydrogen) atoms. The van der Waals surface area contributed by atoms with Crippen molar-refractivity contribution in [2.45, 2.75) is 51.6 Å². The molecule has 0 fully saturated rings. The van der Waals surface area contributed by atoms with Gasteiger partial charge in [0.1, 0.15) is 0 Å². The predicted octanol–water partition coefficient (Wildman–Crippen LogP) is 4.21. The summed E-state index contributed by atoms with van der Waals surface area (Å²) in [7, 11) is 0. The Morgan fingerprint density at radius 2 is 2.12 bits per heavy atom. The van der Waals surface area contributed by atoms with Gasteiger partial charge in [-0.25, -0.2) is 0 Å². The van der Waals surface area contributed by atoms with Crippen LogP contribution in [0.15, 0.2) is 22.7 Å². The number of rotatable bonds is 4. The van der Waals surface area contributed by atoms with Gasteiger partial charge in [-0.05, 0) is 48.9 Å². The Morgan fingerprint density at radius 1 is 1.38 bits per heavy atom. The third kappa shape index (κ3) is 2.49. The predicted molar refractivity (Wildman–Crippen MR) is 72.7 cm³/mol. The van der Waals surface area contributed by atoms with Crippen molar-refractivity contribution >= 4 is 15.9 Å². The second-order valence-corrected chi connectivity index (χ2v) is 5.53. The number of fused-ring (bicyclic) bond motifs is 1. The molecule has 0 heterocycles. The first-order chi connectivity index (χ1) is 7.74. The fourth-order valence-electron chi connectivity index (χ4n) is 2.57. The molecule has 1 N–H and O–H groups in total. The van der Waals surface area contributed by atoms with Crippen LogP contribution in [0.4, 0.5) is 0 Å². The second kappa shape index (κ2) is 5.33. The molecule has 1 unspecified atom stereocenters. The van der Waals surface area contributed by atoms with Gasteiger partial charge in [0.05, 0.1) is 0 Å². The lowest BCUT2D eigenvalue weighted by Crippen LogP contribution is -2.30. The fourth-order valence-corrected chi connectivity index (χ4v) is 2.98. The van der Waals surface area contributed by atoms with Gasteiger partial charge in [0.2, 0.25) is 0 Å². The molecule has 1 aromatic carbocycles. The minimum absolute atomic E-state index is 0.577. The highest BCUT2D eigenvalue weighted by molar-refractivity contribution is 9.10. The largest absolute Gasteiger partial charge is 0.307 e. The standard InChI is InChI=1S/C14H20BrN/c1-3-12(4-2)16-14-8-5-10-9-11(15)6-7-13(10)14/h6-7,9,12,14,16H,3-5,8H2,1-2H3. The van der Waals surface area contributed by atoms with E-state index in [1.807, 2.05) is 0 Å². The van der Waals surface area contributed by atoms with Crippen LogP contribution >= 0.6 is 15.9 Å². The van der Waals surface area contributed by atoms with Crippen LogP contribution in [0, 0.1) is 0 Å². The van der Waals surface area contributed by atoms with Gasteiger partial charge in [0.15, 0.2) is 0 Å². The average molecular weight is 282 g/mol. The summed E-state index contributed by atoms with van der Waals surface area (Å²) in [6.07, 6.45) is 4.91. The Bertz CT molecular complexity index is 358. The molecule has 0 bridgehead atoms. The van der Waals surface area contributed by atoms with E-state index < -0.39 is 0 Å². The molecule has 0 spiro atoms. The molecule has 2 rings (SSSR count). The smallest absolute Gasteiger partial charge is 0.0328 e. The summed E-state index contributed by atoms with van der Waals surface area (Å²) < 4.78 is 1.20. The Labute approximate surface area is 107 Å². The van der Waals surface area contributed by atoms with Gasteiger partial charge in [0, 0.05) is 16.6 Å². The summed E-state index contributed by atoms with van der Waals surface area (Å²) in [5.74, 6) is 0. The number of nitrogens with one attached hydrogen (secondary N) is 1. The molecule has 2 heteroatoms. The van der Waals surface area contributed by atoms with Crippen molar-refractivity contribution < 1.29 is 0 Å². The van der Waals surface area contributed by atoms with Crippen LogP contribution in [0.1, 0.15) is 50.3 Å². The average Bonchev–Trinajstić information content (AvgIpc) is 2.68. The van der Waals surface area contributed by atoms with Crippen LogP contribution in [0.25, 0.3) is 0 Å². The molecule has 0 amide bonds. The molecule has 88 valence electrons. The van der Waals surface area contributed by atoms with Gasteiger partial charge in [-0.3, -0.25) is 0 Å². The SMILES string of the molecule is CCC(CC)NC1CCc2cc(Br)ccc21. The zero-order valence-electron chi connectivity index (χ0n) is 10.1. The molecule has 1 aliphatic rings. The molecule has 0 saturated heterocycles. The van der Waals surface area contributed by atoms with Crippen LogP contribution in [-0.2, 0) is 6.42 Å². The summed E-state index contributed by atoms with van der Waals surface area (Å²) >= 11 is 3.54. The molecule has 1 aromatic rings. The van der Waals surface area contributed by atoms with Gasteiger partial charge < -0.3 is 5.32 Å². The highest BCUT2D eigenvalue weighted by atomic mass is 79.9. The van der Waals surface area contributed by atoms with E-state index in [1.165, 1.54) is 41.3 Å². The number of hydrogen-bond donors (Lipinski definition) is 1. The fraction of sp³-hybridized carbons (Fsp3) is 0.571. The lowest BCUT2D eigenvalue weighted by molar-refractivity contribution is 0.413. The van der Waals surface area contributed by atoms with Gasteiger partial charge in [-0.2, -0.15) is 0 Å². The van der Waals surface area contributed by atoms with E-state index in [2.05, 4.69) is 53.3 Å². The van der Waals surface area contributed by atoms with Crippen LogP contribution in [-0.4, -0.2) is 6.04 Å². The van der Waals surface area contributed by atoms with Gasteiger partial charge in [0.25, 0.3) is 0 Å². The monoisotopic (exact) mass is 281 g/mol. The van der Waals surface area contributed by atoms with Gasteiger partial charge in [-0.1, -0.05) is 35.8 Å². The van der Waals surface area contributed by atoms with E-state index in [-0.39, 0.29) is 0 Å². The maximum atomic E-state index is 3.78. The molecule has 0 radical (unpaired) electrons. The third-order valence-electron chi connectivity index (χ3n) is 3.61. The lowest BCUT2D eigenvalue weighted by Gasteiger charge is -2.21. The van der Waals surface area contributed by atoms with Crippen molar-refractivity contribution in [2.24, 2.45) is 0 Å². The number of hydrogen-bond acceptors (Lipinski definition) is 1. The summed E-state index contributed by atoms with van der Waals surface area (Å²) in [6, 6.07) is 7.94. The molecule has 0 saturated carbocycles. The van der Waals surface area contributed by atoms with Crippen molar-refractivity contribution in [2.75, 3.05) is 0 Å². The molecule has 1 aliphatic carbocycles. The first kappa shape index (κ1) is 12.1. The first-order valence-electron chi connectivity index (χ1n) is 6.29. The summed E-state index contributed by atoms with van der Waals surface area (Å²) in [5, 5.41) is 3.78. The minimum Gasteiger partial charge on any atom is -0.307 e. The molecular formula is C14H20BrN. The van der Waals surface area contributed by atoms with E-state index in [4.69, 9.17) is 0 Å². The van der Waals surface area contributed by atoms with Crippen LogP contribution < -0.4 is 5.32 Å². The van der Waals surface area contributed by atoms with Crippen molar-refractivity contribution in [3.8, 4) is 0 Å². The third-order valence-corrected chi connectivity index (χ3v) is 4.10. The second-order valence-electron chi connectivity index (χ2n) is 4.61. The van der Waals surface area contributed by atoms with E-state index in [0.717, 1.165) is 0 Å². The van der Waals surface area contributed by atoms with Gasteiger partial charge in [-0.15, -0.1) is 0 Å². The number of halogens is 1. The molecule has 1 atom stereocenters. The molecule has 1 nitrogen and oxygen atoms in total. The Morgan fingerprint density at radius 3 is 2.81 bits per heavy atom. The molecular weight excluding hydrogens is 262 g/mol. The van der Waals surface area contributed by atoms with Crippen molar-refractivity contribution in [3.05, 3.63) is 33.8 Å². The van der Waals surface area contributed by atoms with Gasteiger partial charge >= 0.3 is 0 Å². The first-order valence-corrected chi connectivity index (χ1v) is 7.08. The Hall–Kier alpha value is -0.340. The maximum absolute atomic E-state index is 3.78. The van der Waals surface area contributed by atoms with E-state index in [0.29, 0.717) is 12.1 Å². The normalized spacial score (nSPS) is 19.1. The molecule has 0 aliphatic heterocycles. The van der Waals surface area contributed by atoms with Crippen molar-refractivity contribution in [3.63, 3.8) is 0 Å². The zero-order chi connectivity index (χ0) is 11.5. The number of benzene rings is 1. The van der Waals surface area contributed by atoms with E-state index in [1.54, 1.807) is 0 Å². The molecule has 0 aromatic heterocycles. The Kier molecular flexibility index (Phi) is 4.04. The van der Waals surface area contributed by atoms with Crippen molar-refractivity contribution in [1.82, 2.24) is 5.32 Å². The summed E-state index contributed by atoms with van der Waals surface area (Å²) in [4.78, 5) is 0. The lowest BCUT2D eigenvalue weighted by atomic mass is 10.1. The maximum Gasteiger partial charge on any atom is 0.0328 e. The topological polar surface area (TPSA) is 12.0 Å². The highest BCUT2D eigenvalue weighted by Gasteiger charge is 2.23. The summed E-state index contributed by atoms with van der Waals surface area (Å²) in [5.41, 5.74) is 3.02. The van der Waals surface area contributed by atoms with Crippen LogP contribution in [0.3, 0.4) is 0 Å². The summed E-state index contributed by atoms with van der Waals surface area (Å²) in [6.45, 7) is 4.53. The van der Waals surface area contributed by atoms with E-state index in [9.17, 15) is 0 Å². The highest BCUT2D eigenvalue weighted by Crippen LogP contribution is 2.33. The minimum atomic E-state index is 0.577. The van der Waals surface area contributed by atoms with Crippen LogP contribution in [0.5, 0.6) is 0 Å². The quantitative estimate of drug-likeness (QED) is 0.872. The van der Waals surface area contributed by atoms with Crippen LogP contribution in [0.2, 0.25) is 0 Å².